The van der Waals surface area contributed by atoms with Gasteiger partial charge in [0.05, 0.1) is 0 Å². The maximum Gasteiger partial charge on any atom is 0.323 e. The van der Waals surface area contributed by atoms with E-state index >= 15 is 0 Å². The lowest BCUT2D eigenvalue weighted by Crippen LogP contribution is -2.19. The Morgan fingerprint density at radius 2 is 1.48 bits per heavy atom. The fourth-order valence-corrected chi connectivity index (χ4v) is 2.32. The average Bonchev–Trinajstić information content (AvgIpc) is 2.47. The molecule has 3 aromatic rings. The van der Waals surface area contributed by atoms with Crippen LogP contribution in [-0.2, 0) is 0 Å². The van der Waals surface area contributed by atoms with Gasteiger partial charge >= 0.3 is 6.03 Å². The van der Waals surface area contributed by atoms with Crippen LogP contribution in [0.5, 0.6) is 0 Å². The van der Waals surface area contributed by atoms with Gasteiger partial charge in [0.25, 0.3) is 0 Å². The maximum absolute atomic E-state index is 12.0. The fourth-order valence-electron chi connectivity index (χ4n) is 2.13. The number of rotatable bonds is 2. The minimum atomic E-state index is -0.299. The van der Waals surface area contributed by atoms with Crippen molar-refractivity contribution < 1.29 is 4.79 Å². The summed E-state index contributed by atoms with van der Waals surface area (Å²) < 4.78 is 0. The summed E-state index contributed by atoms with van der Waals surface area (Å²) in [5.41, 5.74) is 1.40. The molecule has 2 N–H and O–H groups in total. The van der Waals surface area contributed by atoms with Gasteiger partial charge in [0, 0.05) is 16.4 Å². The lowest BCUT2D eigenvalue weighted by atomic mass is 10.1. The molecule has 104 valence electrons. The molecule has 0 unspecified atom stereocenters. The second-order valence-corrected chi connectivity index (χ2v) is 5.09. The quantitative estimate of drug-likeness (QED) is 0.675. The summed E-state index contributed by atoms with van der Waals surface area (Å²) in [5, 5.41) is 8.35. The average molecular weight is 297 g/mol. The van der Waals surface area contributed by atoms with Crippen LogP contribution in [0.2, 0.25) is 5.02 Å². The topological polar surface area (TPSA) is 41.1 Å². The Balaban J connectivity index is 1.74. The standard InChI is InChI=1S/C17H13ClN2O/c18-14-6-3-7-15(11-14)19-17(21)20-16-9-8-12-4-1-2-5-13(12)10-16/h1-11H,(H2,19,20,21). The van der Waals surface area contributed by atoms with Gasteiger partial charge in [-0.05, 0) is 41.1 Å². The molecule has 0 atom stereocenters. The van der Waals surface area contributed by atoms with E-state index in [0.29, 0.717) is 10.7 Å². The van der Waals surface area contributed by atoms with Crippen LogP contribution in [0, 0.1) is 0 Å². The van der Waals surface area contributed by atoms with E-state index in [9.17, 15) is 4.79 Å². The highest BCUT2D eigenvalue weighted by Crippen LogP contribution is 2.19. The number of amides is 2. The van der Waals surface area contributed by atoms with E-state index in [1.54, 1.807) is 24.3 Å². The zero-order valence-corrected chi connectivity index (χ0v) is 11.9. The molecule has 0 radical (unpaired) electrons. The van der Waals surface area contributed by atoms with E-state index in [1.807, 2.05) is 42.5 Å². The summed E-state index contributed by atoms with van der Waals surface area (Å²) in [7, 11) is 0. The molecule has 3 aromatic carbocycles. The second kappa shape index (κ2) is 5.85. The minimum Gasteiger partial charge on any atom is -0.308 e. The molecule has 4 heteroatoms. The summed E-state index contributed by atoms with van der Waals surface area (Å²) in [6, 6.07) is 20.5. The van der Waals surface area contributed by atoms with Gasteiger partial charge < -0.3 is 10.6 Å². The zero-order valence-electron chi connectivity index (χ0n) is 11.1. The third-order valence-electron chi connectivity index (χ3n) is 3.09. The van der Waals surface area contributed by atoms with E-state index in [1.165, 1.54) is 0 Å². The molecule has 2 amide bonds. The van der Waals surface area contributed by atoms with Gasteiger partial charge in [-0.3, -0.25) is 0 Å². The van der Waals surface area contributed by atoms with Crippen LogP contribution in [0.1, 0.15) is 0 Å². The molecule has 0 aromatic heterocycles. The van der Waals surface area contributed by atoms with Crippen LogP contribution in [0.3, 0.4) is 0 Å². The maximum atomic E-state index is 12.0. The van der Waals surface area contributed by atoms with E-state index in [4.69, 9.17) is 11.6 Å². The van der Waals surface area contributed by atoms with E-state index in [0.717, 1.165) is 16.5 Å². The number of nitrogens with one attached hydrogen (secondary N) is 2. The monoisotopic (exact) mass is 296 g/mol. The van der Waals surface area contributed by atoms with Gasteiger partial charge in [-0.25, -0.2) is 4.79 Å². The molecule has 0 aliphatic heterocycles. The second-order valence-electron chi connectivity index (χ2n) is 4.65. The predicted octanol–water partition coefficient (Wildman–Crippen LogP) is 5.14. The van der Waals surface area contributed by atoms with Crippen LogP contribution in [0.4, 0.5) is 16.2 Å². The highest BCUT2D eigenvalue weighted by atomic mass is 35.5. The smallest absolute Gasteiger partial charge is 0.308 e. The number of fused-ring (bicyclic) bond motifs is 1. The molecule has 0 fully saturated rings. The number of benzene rings is 3. The van der Waals surface area contributed by atoms with Crippen LogP contribution < -0.4 is 10.6 Å². The number of urea groups is 1. The largest absolute Gasteiger partial charge is 0.323 e. The van der Waals surface area contributed by atoms with Crippen LogP contribution in [-0.4, -0.2) is 6.03 Å². The van der Waals surface area contributed by atoms with Crippen molar-refractivity contribution in [3.63, 3.8) is 0 Å². The third-order valence-corrected chi connectivity index (χ3v) is 3.32. The van der Waals surface area contributed by atoms with Crippen molar-refractivity contribution in [1.29, 1.82) is 0 Å². The lowest BCUT2D eigenvalue weighted by Gasteiger charge is -2.08. The Labute approximate surface area is 127 Å². The molecule has 0 saturated carbocycles. The van der Waals surface area contributed by atoms with Gasteiger partial charge in [0.15, 0.2) is 0 Å². The summed E-state index contributed by atoms with van der Waals surface area (Å²) in [6.07, 6.45) is 0. The van der Waals surface area contributed by atoms with Gasteiger partial charge in [-0.15, -0.1) is 0 Å². The first kappa shape index (κ1) is 13.5. The number of hydrogen-bond donors (Lipinski definition) is 2. The molecule has 0 bridgehead atoms. The highest BCUT2D eigenvalue weighted by Gasteiger charge is 2.03. The molecule has 0 aliphatic carbocycles. The van der Waals surface area contributed by atoms with Crippen molar-refractivity contribution in [3.05, 3.63) is 71.8 Å². The first-order valence-corrected chi connectivity index (χ1v) is 6.91. The molecule has 0 heterocycles. The van der Waals surface area contributed by atoms with Crippen molar-refractivity contribution in [2.24, 2.45) is 0 Å². The van der Waals surface area contributed by atoms with Gasteiger partial charge in [0.1, 0.15) is 0 Å². The van der Waals surface area contributed by atoms with E-state index in [-0.39, 0.29) is 6.03 Å². The zero-order chi connectivity index (χ0) is 14.7. The number of hydrogen-bond acceptors (Lipinski definition) is 1. The summed E-state index contributed by atoms with van der Waals surface area (Å²) in [4.78, 5) is 12.0. The Kier molecular flexibility index (Phi) is 3.75. The number of carbonyl (C=O) groups excluding carboxylic acids is 1. The Morgan fingerprint density at radius 3 is 2.24 bits per heavy atom. The molecule has 3 rings (SSSR count). The van der Waals surface area contributed by atoms with Gasteiger partial charge in [0.2, 0.25) is 0 Å². The highest BCUT2D eigenvalue weighted by molar-refractivity contribution is 6.30. The van der Waals surface area contributed by atoms with Gasteiger partial charge in [-0.1, -0.05) is 48.0 Å². The number of carbonyl (C=O) groups is 1. The summed E-state index contributed by atoms with van der Waals surface area (Å²) >= 11 is 5.88. The molecular weight excluding hydrogens is 284 g/mol. The van der Waals surface area contributed by atoms with Crippen molar-refractivity contribution in [3.8, 4) is 0 Å². The Morgan fingerprint density at radius 1 is 0.762 bits per heavy atom. The minimum absolute atomic E-state index is 0.299. The number of anilines is 2. The first-order chi connectivity index (χ1) is 10.2. The normalized spacial score (nSPS) is 10.3. The van der Waals surface area contributed by atoms with Crippen LogP contribution >= 0.6 is 11.6 Å². The Hall–Kier alpha value is -2.52. The summed E-state index contributed by atoms with van der Waals surface area (Å²) in [5.74, 6) is 0. The number of halogens is 1. The molecule has 21 heavy (non-hydrogen) atoms. The molecule has 0 saturated heterocycles. The van der Waals surface area contributed by atoms with Crippen LogP contribution in [0.25, 0.3) is 10.8 Å². The summed E-state index contributed by atoms with van der Waals surface area (Å²) in [6.45, 7) is 0. The predicted molar refractivity (Wildman–Crippen MR) is 88.0 cm³/mol. The fraction of sp³-hybridized carbons (Fsp3) is 0. The van der Waals surface area contributed by atoms with Crippen molar-refractivity contribution in [2.45, 2.75) is 0 Å². The van der Waals surface area contributed by atoms with Crippen LogP contribution in [0.15, 0.2) is 66.7 Å². The Bertz CT molecular complexity index is 801. The van der Waals surface area contributed by atoms with Crippen molar-refractivity contribution >= 4 is 39.8 Å². The third kappa shape index (κ3) is 3.33. The molecule has 0 spiro atoms. The van der Waals surface area contributed by atoms with E-state index in [2.05, 4.69) is 10.6 Å². The lowest BCUT2D eigenvalue weighted by molar-refractivity contribution is 0.262. The SMILES string of the molecule is O=C(Nc1cccc(Cl)c1)Nc1ccc2ccccc2c1. The first-order valence-electron chi connectivity index (χ1n) is 6.53. The van der Waals surface area contributed by atoms with E-state index < -0.39 is 0 Å². The molecule has 3 nitrogen and oxygen atoms in total. The molecule has 0 aliphatic rings. The molecular formula is C17H13ClN2O. The van der Waals surface area contributed by atoms with Crippen molar-refractivity contribution in [2.75, 3.05) is 10.6 Å². The van der Waals surface area contributed by atoms with Gasteiger partial charge in [-0.2, -0.15) is 0 Å². The van der Waals surface area contributed by atoms with Crippen molar-refractivity contribution in [1.82, 2.24) is 0 Å².